The Balaban J connectivity index is 2.56. The van der Waals surface area contributed by atoms with E-state index in [2.05, 4.69) is 26.7 Å². The van der Waals surface area contributed by atoms with E-state index in [0.717, 1.165) is 14.6 Å². The third-order valence-corrected chi connectivity index (χ3v) is 3.39. The van der Waals surface area contributed by atoms with Gasteiger partial charge in [0.1, 0.15) is 4.88 Å². The number of hydrogen-bond donors (Lipinski definition) is 1. The summed E-state index contributed by atoms with van der Waals surface area (Å²) >= 11 is 4.77. The zero-order valence-electron chi connectivity index (χ0n) is 7.12. The molecule has 2 aromatic rings. The van der Waals surface area contributed by atoms with Gasteiger partial charge < -0.3 is 0 Å². The summed E-state index contributed by atoms with van der Waals surface area (Å²) in [5.74, 6) is 2.71. The molecule has 0 fully saturated rings. The Kier molecular flexibility index (Phi) is 2.54. The van der Waals surface area contributed by atoms with E-state index in [4.69, 9.17) is 0 Å². The smallest absolute Gasteiger partial charge is 0.275 e. The lowest BCUT2D eigenvalue weighted by atomic mass is 10.2. The van der Waals surface area contributed by atoms with Gasteiger partial charge in [0, 0.05) is 9.17 Å². The highest BCUT2D eigenvalue weighted by atomic mass is 79.9. The van der Waals surface area contributed by atoms with Gasteiger partial charge in [0.05, 0.1) is 0 Å². The van der Waals surface area contributed by atoms with E-state index in [1.165, 1.54) is 11.3 Å². The number of halogens is 1. The summed E-state index contributed by atoms with van der Waals surface area (Å²) in [5, 5.41) is 1.04. The highest BCUT2D eigenvalue weighted by molar-refractivity contribution is 9.10. The Morgan fingerprint density at radius 1 is 1.43 bits per heavy atom. The molecule has 1 heterocycles. The second-order valence-electron chi connectivity index (χ2n) is 2.72. The first-order valence-electron chi connectivity index (χ1n) is 3.86. The molecule has 0 amide bonds. The summed E-state index contributed by atoms with van der Waals surface area (Å²) in [4.78, 5) is 16.2. The molecule has 0 atom stereocenters. The summed E-state index contributed by atoms with van der Waals surface area (Å²) in [6, 6.07) is 7.67. The monoisotopic (exact) mass is 272 g/mol. The van der Waals surface area contributed by atoms with Crippen molar-refractivity contribution in [2.24, 2.45) is 0 Å². The van der Waals surface area contributed by atoms with Crippen molar-refractivity contribution in [3.05, 3.63) is 33.6 Å². The van der Waals surface area contributed by atoms with E-state index in [1.807, 2.05) is 18.2 Å². The van der Waals surface area contributed by atoms with Gasteiger partial charge in [0.25, 0.3) is 0 Å². The average Bonchev–Trinajstić information content (AvgIpc) is 2.59. The van der Waals surface area contributed by atoms with E-state index in [1.54, 1.807) is 6.07 Å². The number of thiophene rings is 1. The van der Waals surface area contributed by atoms with E-state index < -0.39 is 0 Å². The molecule has 5 heteroatoms. The average molecular weight is 273 g/mol. The summed E-state index contributed by atoms with van der Waals surface area (Å²) in [5.41, 5.74) is 0. The summed E-state index contributed by atoms with van der Waals surface area (Å²) in [6.45, 7) is 0. The fourth-order valence-electron chi connectivity index (χ4n) is 1.18. The molecule has 14 heavy (non-hydrogen) atoms. The van der Waals surface area contributed by atoms with Crippen LogP contribution in [0.25, 0.3) is 10.1 Å². The predicted molar refractivity (Wildman–Crippen MR) is 57.8 cm³/mol. The summed E-state index contributed by atoms with van der Waals surface area (Å²) in [7, 11) is 0. The van der Waals surface area contributed by atoms with Crippen LogP contribution in [0.15, 0.2) is 28.7 Å². The van der Waals surface area contributed by atoms with Crippen LogP contribution >= 0.6 is 27.3 Å². The lowest BCUT2D eigenvalue weighted by Gasteiger charge is -1.88. The molecule has 3 nitrogen and oxygen atoms in total. The van der Waals surface area contributed by atoms with Gasteiger partial charge >= 0.3 is 5.97 Å². The topological polar surface area (TPSA) is 53.9 Å². The lowest BCUT2D eigenvalue weighted by molar-refractivity contribution is -0.653. The van der Waals surface area contributed by atoms with Crippen LogP contribution in [0, 0.1) is 0 Å². The van der Waals surface area contributed by atoms with Gasteiger partial charge in [-0.25, -0.2) is 4.79 Å². The van der Waals surface area contributed by atoms with Gasteiger partial charge in [-0.1, -0.05) is 22.0 Å². The minimum absolute atomic E-state index is 0.387. The summed E-state index contributed by atoms with van der Waals surface area (Å²) in [6.07, 6.45) is 0. The van der Waals surface area contributed by atoms with Crippen molar-refractivity contribution in [1.29, 1.82) is 0 Å². The SMILES string of the molecule is [NH3+]OC(=O)c1cc2ccc(Br)cc2s1. The van der Waals surface area contributed by atoms with Crippen LogP contribution in [0.2, 0.25) is 0 Å². The first-order chi connectivity index (χ1) is 6.70. The normalized spacial score (nSPS) is 10.4. The van der Waals surface area contributed by atoms with Crippen LogP contribution in [-0.4, -0.2) is 5.97 Å². The highest BCUT2D eigenvalue weighted by Gasteiger charge is 2.12. The fourth-order valence-corrected chi connectivity index (χ4v) is 2.69. The van der Waals surface area contributed by atoms with E-state index in [9.17, 15) is 4.79 Å². The lowest BCUT2D eigenvalue weighted by Crippen LogP contribution is -2.51. The molecule has 0 unspecified atom stereocenters. The molecule has 0 saturated carbocycles. The van der Waals surface area contributed by atoms with E-state index >= 15 is 0 Å². The van der Waals surface area contributed by atoms with E-state index in [0.29, 0.717) is 4.88 Å². The zero-order chi connectivity index (χ0) is 10.1. The predicted octanol–water partition coefficient (Wildman–Crippen LogP) is 1.98. The number of benzene rings is 1. The third-order valence-electron chi connectivity index (χ3n) is 1.81. The molecule has 0 aliphatic carbocycles. The maximum Gasteiger partial charge on any atom is 0.406 e. The molecule has 1 aromatic carbocycles. The van der Waals surface area contributed by atoms with Crippen molar-refractivity contribution in [1.82, 2.24) is 0 Å². The Labute approximate surface area is 92.6 Å². The number of quaternary nitrogens is 1. The van der Waals surface area contributed by atoms with Crippen molar-refractivity contribution in [3.8, 4) is 0 Å². The molecule has 2 rings (SSSR count). The number of fused-ring (bicyclic) bond motifs is 1. The van der Waals surface area contributed by atoms with Gasteiger partial charge in [0.15, 0.2) is 0 Å². The van der Waals surface area contributed by atoms with Crippen LogP contribution in [0.3, 0.4) is 0 Å². The molecular formula is C9H7BrNO2S+. The van der Waals surface area contributed by atoms with Crippen LogP contribution in [0.4, 0.5) is 0 Å². The van der Waals surface area contributed by atoms with Gasteiger partial charge in [0.2, 0.25) is 0 Å². The molecule has 72 valence electrons. The standard InChI is InChI=1S/C9H7BrNO2S/c10-6-2-1-5-3-8(9(12)13-11)14-7(5)4-6/h1-4H,11H3/q+1. The molecule has 0 aliphatic rings. The fraction of sp³-hybridized carbons (Fsp3) is 0. The highest BCUT2D eigenvalue weighted by Crippen LogP contribution is 2.28. The molecule has 0 saturated heterocycles. The van der Waals surface area contributed by atoms with E-state index in [-0.39, 0.29) is 5.97 Å². The number of carbonyl (C=O) groups excluding carboxylic acids is 1. The third kappa shape index (κ3) is 1.66. The minimum atomic E-state index is -0.387. The van der Waals surface area contributed by atoms with Gasteiger partial charge in [-0.15, -0.1) is 11.3 Å². The van der Waals surface area contributed by atoms with Crippen LogP contribution in [0.1, 0.15) is 9.67 Å². The van der Waals surface area contributed by atoms with Crippen molar-refractivity contribution >= 4 is 43.3 Å². The molecular weight excluding hydrogens is 266 g/mol. The second-order valence-corrected chi connectivity index (χ2v) is 4.72. The van der Waals surface area contributed by atoms with Crippen molar-refractivity contribution in [2.75, 3.05) is 0 Å². The minimum Gasteiger partial charge on any atom is -0.275 e. The zero-order valence-corrected chi connectivity index (χ0v) is 9.52. The van der Waals surface area contributed by atoms with Gasteiger partial charge in [-0.2, -0.15) is 5.90 Å². The summed E-state index contributed by atoms with van der Waals surface area (Å²) < 4.78 is 2.06. The largest absolute Gasteiger partial charge is 0.406 e. The van der Waals surface area contributed by atoms with Gasteiger partial charge in [-0.3, -0.25) is 4.84 Å². The molecule has 0 aliphatic heterocycles. The first-order valence-corrected chi connectivity index (χ1v) is 5.47. The van der Waals surface area contributed by atoms with Crippen molar-refractivity contribution in [3.63, 3.8) is 0 Å². The van der Waals surface area contributed by atoms with Crippen LogP contribution < -0.4 is 5.90 Å². The Bertz CT molecular complexity index is 495. The molecule has 3 N–H and O–H groups in total. The first kappa shape index (κ1) is 9.64. The van der Waals surface area contributed by atoms with Crippen molar-refractivity contribution < 1.29 is 15.5 Å². The van der Waals surface area contributed by atoms with Crippen LogP contribution in [0.5, 0.6) is 0 Å². The maximum atomic E-state index is 11.2. The number of hydrogen-bond acceptors (Lipinski definition) is 3. The maximum absolute atomic E-state index is 11.2. The Morgan fingerprint density at radius 3 is 2.93 bits per heavy atom. The second kappa shape index (κ2) is 3.68. The molecule has 1 aromatic heterocycles. The quantitative estimate of drug-likeness (QED) is 0.808. The van der Waals surface area contributed by atoms with Gasteiger partial charge in [-0.05, 0) is 23.6 Å². The molecule has 0 spiro atoms. The van der Waals surface area contributed by atoms with Crippen LogP contribution in [-0.2, 0) is 4.84 Å². The molecule has 0 bridgehead atoms. The Morgan fingerprint density at radius 2 is 2.21 bits per heavy atom. The van der Waals surface area contributed by atoms with Crippen molar-refractivity contribution in [2.45, 2.75) is 0 Å². The molecule has 0 radical (unpaired) electrons. The number of carbonyl (C=O) groups is 1. The Hall–Kier alpha value is -0.910. The number of rotatable bonds is 1.